The average Bonchev–Trinajstić information content (AvgIpc) is 3.36. The fraction of sp³-hybridized carbons (Fsp3) is 0.389. The Kier molecular flexibility index (Phi) is 5.85. The molecule has 0 spiro atoms. The smallest absolute Gasteiger partial charge is 0.314 e. The van der Waals surface area contributed by atoms with Crippen LogP contribution in [0.15, 0.2) is 36.5 Å². The fourth-order valence-electron chi connectivity index (χ4n) is 3.11. The summed E-state index contributed by atoms with van der Waals surface area (Å²) in [6.07, 6.45) is 3.78. The molecule has 0 aliphatic carbocycles. The van der Waals surface area contributed by atoms with Crippen molar-refractivity contribution in [1.29, 1.82) is 0 Å². The predicted octanol–water partition coefficient (Wildman–Crippen LogP) is 1.31. The van der Waals surface area contributed by atoms with Crippen LogP contribution >= 0.6 is 0 Å². The Bertz CT molecular complexity index is 724. The maximum Gasteiger partial charge on any atom is 0.314 e. The number of likely N-dealkylation sites (tertiary alicyclic amines) is 1. The van der Waals surface area contributed by atoms with E-state index in [9.17, 15) is 9.59 Å². The van der Waals surface area contributed by atoms with Gasteiger partial charge in [0.15, 0.2) is 0 Å². The van der Waals surface area contributed by atoms with Crippen molar-refractivity contribution in [3.63, 3.8) is 0 Å². The molecule has 2 heterocycles. The molecule has 2 aromatic rings. The van der Waals surface area contributed by atoms with E-state index in [0.717, 1.165) is 37.2 Å². The zero-order valence-corrected chi connectivity index (χ0v) is 14.7. The molecule has 1 saturated heterocycles. The van der Waals surface area contributed by atoms with Crippen molar-refractivity contribution in [2.75, 3.05) is 32.1 Å². The predicted molar refractivity (Wildman–Crippen MR) is 96.8 cm³/mol. The molecule has 8 nitrogen and oxygen atoms in total. The molecule has 0 radical (unpaired) electrons. The van der Waals surface area contributed by atoms with Crippen LogP contribution in [0.1, 0.15) is 24.4 Å². The Balaban J connectivity index is 1.63. The summed E-state index contributed by atoms with van der Waals surface area (Å²) < 4.78 is 5.21. The average molecular weight is 357 g/mol. The Morgan fingerprint density at radius 2 is 1.92 bits per heavy atom. The minimum Gasteiger partial charge on any atom is -0.497 e. The van der Waals surface area contributed by atoms with Crippen LogP contribution in [-0.2, 0) is 9.59 Å². The number of methoxy groups -OCH3 is 1. The molecular formula is C18H23N5O3. The second kappa shape index (κ2) is 8.48. The summed E-state index contributed by atoms with van der Waals surface area (Å²) in [6, 6.07) is 9.41. The third-order valence-electron chi connectivity index (χ3n) is 4.49. The van der Waals surface area contributed by atoms with Crippen molar-refractivity contribution in [1.82, 2.24) is 20.4 Å². The first-order valence-electron chi connectivity index (χ1n) is 8.64. The minimum atomic E-state index is -0.718. The van der Waals surface area contributed by atoms with Gasteiger partial charge in [0.1, 0.15) is 11.6 Å². The lowest BCUT2D eigenvalue weighted by atomic mass is 10.1. The Hall–Kier alpha value is -2.87. The van der Waals surface area contributed by atoms with Crippen molar-refractivity contribution >= 4 is 17.6 Å². The van der Waals surface area contributed by atoms with Crippen LogP contribution < -0.4 is 15.4 Å². The number of nitrogens with one attached hydrogen (secondary N) is 3. The Labute approximate surface area is 151 Å². The standard InChI is InChI=1S/C18H23N5O3/c1-26-14-6-4-13(5-7-14)15(23-10-2-3-11-23)12-19-17(24)18(25)21-16-8-9-20-22-16/h4-9,15H,2-3,10-12H2,1H3,(H,19,24)(H2,20,21,22,25)/t15-/m0/s1. The number of anilines is 1. The largest absolute Gasteiger partial charge is 0.497 e. The normalized spacial score (nSPS) is 15.4. The third-order valence-corrected chi connectivity index (χ3v) is 4.49. The van der Waals surface area contributed by atoms with Gasteiger partial charge >= 0.3 is 11.8 Å². The monoisotopic (exact) mass is 357 g/mol. The van der Waals surface area contributed by atoms with Gasteiger partial charge in [-0.15, -0.1) is 0 Å². The zero-order chi connectivity index (χ0) is 18.4. The van der Waals surface area contributed by atoms with Crippen molar-refractivity contribution < 1.29 is 14.3 Å². The summed E-state index contributed by atoms with van der Waals surface area (Å²) >= 11 is 0. The van der Waals surface area contributed by atoms with E-state index in [0.29, 0.717) is 12.4 Å². The number of carbonyl (C=O) groups excluding carboxylic acids is 2. The molecule has 1 aliphatic rings. The number of nitrogens with zero attached hydrogens (tertiary/aromatic N) is 2. The van der Waals surface area contributed by atoms with Crippen LogP contribution in [0.2, 0.25) is 0 Å². The van der Waals surface area contributed by atoms with Gasteiger partial charge in [0.05, 0.1) is 19.3 Å². The lowest BCUT2D eigenvalue weighted by Crippen LogP contribution is -2.41. The number of hydrogen-bond acceptors (Lipinski definition) is 5. The van der Waals surface area contributed by atoms with Gasteiger partial charge in [-0.05, 0) is 43.6 Å². The molecule has 1 aromatic carbocycles. The SMILES string of the molecule is COc1ccc([C@H](CNC(=O)C(=O)Nc2ccn[nH]2)N2CCCC2)cc1. The number of amides is 2. The molecule has 1 atom stereocenters. The summed E-state index contributed by atoms with van der Waals surface area (Å²) in [5.74, 6) is -0.213. The lowest BCUT2D eigenvalue weighted by Gasteiger charge is -2.28. The molecule has 3 N–H and O–H groups in total. The van der Waals surface area contributed by atoms with Crippen molar-refractivity contribution in [2.24, 2.45) is 0 Å². The molecule has 1 aliphatic heterocycles. The van der Waals surface area contributed by atoms with E-state index < -0.39 is 11.8 Å². The molecule has 8 heteroatoms. The maximum absolute atomic E-state index is 12.1. The van der Waals surface area contributed by atoms with Gasteiger partial charge in [-0.25, -0.2) is 0 Å². The summed E-state index contributed by atoms with van der Waals surface area (Å²) in [5.41, 5.74) is 1.09. The van der Waals surface area contributed by atoms with E-state index >= 15 is 0 Å². The van der Waals surface area contributed by atoms with Gasteiger partial charge in [0, 0.05) is 12.6 Å². The molecule has 0 unspecified atom stereocenters. The van der Waals surface area contributed by atoms with Crippen LogP contribution in [0.25, 0.3) is 0 Å². The minimum absolute atomic E-state index is 0.0207. The number of benzene rings is 1. The molecule has 1 aromatic heterocycles. The summed E-state index contributed by atoms with van der Waals surface area (Å²) in [4.78, 5) is 26.4. The first-order valence-corrected chi connectivity index (χ1v) is 8.64. The summed E-state index contributed by atoms with van der Waals surface area (Å²) in [5, 5.41) is 11.5. The molecule has 2 amide bonds. The Morgan fingerprint density at radius 1 is 1.19 bits per heavy atom. The van der Waals surface area contributed by atoms with E-state index in [-0.39, 0.29) is 6.04 Å². The van der Waals surface area contributed by atoms with Gasteiger partial charge in [-0.1, -0.05) is 12.1 Å². The quantitative estimate of drug-likeness (QED) is 0.677. The van der Waals surface area contributed by atoms with Crippen molar-refractivity contribution in [2.45, 2.75) is 18.9 Å². The zero-order valence-electron chi connectivity index (χ0n) is 14.7. The van der Waals surface area contributed by atoms with Crippen LogP contribution in [0.4, 0.5) is 5.82 Å². The lowest BCUT2D eigenvalue weighted by molar-refractivity contribution is -0.136. The molecule has 26 heavy (non-hydrogen) atoms. The number of aromatic amines is 1. The highest BCUT2D eigenvalue weighted by Gasteiger charge is 2.25. The van der Waals surface area contributed by atoms with Gasteiger partial charge in [-0.3, -0.25) is 19.6 Å². The maximum atomic E-state index is 12.1. The number of hydrogen-bond donors (Lipinski definition) is 3. The number of ether oxygens (including phenoxy) is 1. The summed E-state index contributed by atoms with van der Waals surface area (Å²) in [6.45, 7) is 2.32. The van der Waals surface area contributed by atoms with Crippen molar-refractivity contribution in [3.05, 3.63) is 42.1 Å². The first kappa shape index (κ1) is 17.9. The highest BCUT2D eigenvalue weighted by atomic mass is 16.5. The van der Waals surface area contributed by atoms with Crippen LogP contribution in [0.3, 0.4) is 0 Å². The molecule has 138 valence electrons. The van der Waals surface area contributed by atoms with E-state index in [2.05, 4.69) is 25.7 Å². The molecular weight excluding hydrogens is 334 g/mol. The van der Waals surface area contributed by atoms with E-state index in [1.54, 1.807) is 13.2 Å². The third kappa shape index (κ3) is 4.40. The van der Waals surface area contributed by atoms with Gasteiger partial charge in [0.25, 0.3) is 0 Å². The van der Waals surface area contributed by atoms with Gasteiger partial charge < -0.3 is 15.4 Å². The highest BCUT2D eigenvalue weighted by Crippen LogP contribution is 2.26. The highest BCUT2D eigenvalue weighted by molar-refractivity contribution is 6.39. The number of H-pyrrole nitrogens is 1. The van der Waals surface area contributed by atoms with Gasteiger partial charge in [0.2, 0.25) is 0 Å². The second-order valence-corrected chi connectivity index (χ2v) is 6.17. The van der Waals surface area contributed by atoms with E-state index in [1.165, 1.54) is 6.20 Å². The van der Waals surface area contributed by atoms with Crippen LogP contribution in [-0.4, -0.2) is 53.7 Å². The topological polar surface area (TPSA) is 99.3 Å². The molecule has 3 rings (SSSR count). The molecule has 0 saturated carbocycles. The van der Waals surface area contributed by atoms with Crippen molar-refractivity contribution in [3.8, 4) is 5.75 Å². The summed E-state index contributed by atoms with van der Waals surface area (Å²) in [7, 11) is 1.63. The number of carbonyl (C=O) groups is 2. The number of aromatic nitrogens is 2. The van der Waals surface area contributed by atoms with Crippen LogP contribution in [0.5, 0.6) is 5.75 Å². The molecule has 0 bridgehead atoms. The fourth-order valence-corrected chi connectivity index (χ4v) is 3.11. The van der Waals surface area contributed by atoms with Gasteiger partial charge in [-0.2, -0.15) is 5.10 Å². The number of rotatable bonds is 6. The first-order chi connectivity index (χ1) is 12.7. The molecule has 1 fully saturated rings. The van der Waals surface area contributed by atoms with E-state index in [1.807, 2.05) is 24.3 Å². The van der Waals surface area contributed by atoms with Crippen LogP contribution in [0, 0.1) is 0 Å². The Morgan fingerprint density at radius 3 is 2.54 bits per heavy atom. The van der Waals surface area contributed by atoms with E-state index in [4.69, 9.17) is 4.74 Å². The second-order valence-electron chi connectivity index (χ2n) is 6.17.